The van der Waals surface area contributed by atoms with E-state index in [9.17, 15) is 23.6 Å². The van der Waals surface area contributed by atoms with E-state index in [1.54, 1.807) is 27.8 Å². The molecule has 1 aromatic carbocycles. The van der Waals surface area contributed by atoms with Crippen LogP contribution < -0.4 is 10.6 Å². The highest BCUT2D eigenvalue weighted by Gasteiger charge is 2.31. The van der Waals surface area contributed by atoms with Crippen LogP contribution in [0.5, 0.6) is 0 Å². The van der Waals surface area contributed by atoms with Gasteiger partial charge < -0.3 is 25.0 Å². The molecule has 0 aliphatic heterocycles. The quantitative estimate of drug-likeness (QED) is 0.388. The smallest absolute Gasteiger partial charge is 0.329 e. The van der Waals surface area contributed by atoms with Crippen molar-refractivity contribution < 1.29 is 33.4 Å². The summed E-state index contributed by atoms with van der Waals surface area (Å²) in [6.07, 6.45) is 2.13. The standard InChI is InChI=1S/C25H30FN3O6/c1-13-11-17(7-10-19(13)26)28-24(33)21-14(2)22(29(4)15(21)3)23(32)25(34)27-16-5-8-18(9-6-16)35-12-20(30)31/h7,10-11,16,18H,5-6,8-9,12H2,1-4H3,(H,27,34)(H,28,33)(H,30,31). The molecule has 0 bridgehead atoms. The number of anilines is 1. The van der Waals surface area contributed by atoms with Gasteiger partial charge in [-0.3, -0.25) is 14.4 Å². The minimum Gasteiger partial charge on any atom is -0.480 e. The zero-order valence-electron chi connectivity index (χ0n) is 20.2. The van der Waals surface area contributed by atoms with Crippen molar-refractivity contribution in [3.05, 3.63) is 52.1 Å². The number of ether oxygens (including phenoxy) is 1. The zero-order valence-corrected chi connectivity index (χ0v) is 20.2. The molecule has 35 heavy (non-hydrogen) atoms. The number of aromatic nitrogens is 1. The van der Waals surface area contributed by atoms with Gasteiger partial charge in [0.05, 0.1) is 17.4 Å². The maximum atomic E-state index is 13.5. The van der Waals surface area contributed by atoms with Gasteiger partial charge in [-0.05, 0) is 75.8 Å². The van der Waals surface area contributed by atoms with Crippen molar-refractivity contribution in [3.8, 4) is 0 Å². The van der Waals surface area contributed by atoms with Crippen LogP contribution in [0.3, 0.4) is 0 Å². The van der Waals surface area contributed by atoms with Crippen LogP contribution in [0.25, 0.3) is 0 Å². The van der Waals surface area contributed by atoms with E-state index >= 15 is 0 Å². The van der Waals surface area contributed by atoms with Gasteiger partial charge in [-0.25, -0.2) is 9.18 Å². The number of carboxylic acids is 1. The molecule has 0 unspecified atom stereocenters. The number of benzene rings is 1. The number of amides is 2. The Bertz CT molecular complexity index is 1160. The van der Waals surface area contributed by atoms with E-state index in [1.807, 2.05) is 0 Å². The number of rotatable bonds is 8. The van der Waals surface area contributed by atoms with E-state index in [1.165, 1.54) is 22.8 Å². The summed E-state index contributed by atoms with van der Waals surface area (Å²) in [7, 11) is 1.62. The summed E-state index contributed by atoms with van der Waals surface area (Å²) in [5.41, 5.74) is 2.11. The van der Waals surface area contributed by atoms with Gasteiger partial charge in [-0.15, -0.1) is 0 Å². The topological polar surface area (TPSA) is 127 Å². The normalized spacial score (nSPS) is 17.6. The van der Waals surface area contributed by atoms with Gasteiger partial charge in [-0.2, -0.15) is 0 Å². The predicted molar refractivity (Wildman–Crippen MR) is 126 cm³/mol. The predicted octanol–water partition coefficient (Wildman–Crippen LogP) is 3.05. The Morgan fingerprint density at radius 3 is 2.37 bits per heavy atom. The molecule has 0 atom stereocenters. The summed E-state index contributed by atoms with van der Waals surface area (Å²) < 4.78 is 20.4. The third-order valence-electron chi connectivity index (χ3n) is 6.45. The highest BCUT2D eigenvalue weighted by Crippen LogP contribution is 2.25. The van der Waals surface area contributed by atoms with Gasteiger partial charge in [0.1, 0.15) is 12.4 Å². The van der Waals surface area contributed by atoms with E-state index < -0.39 is 23.6 Å². The van der Waals surface area contributed by atoms with Gasteiger partial charge in [-0.1, -0.05) is 0 Å². The van der Waals surface area contributed by atoms with Crippen LogP contribution in [0.2, 0.25) is 0 Å². The minimum absolute atomic E-state index is 0.124. The first-order chi connectivity index (χ1) is 16.5. The molecule has 0 radical (unpaired) electrons. The molecule has 3 rings (SSSR count). The number of carbonyl (C=O) groups is 4. The van der Waals surface area contributed by atoms with Crippen LogP contribution >= 0.6 is 0 Å². The number of nitrogens with zero attached hydrogens (tertiary/aromatic N) is 1. The molecule has 2 aromatic rings. The highest BCUT2D eigenvalue weighted by atomic mass is 19.1. The van der Waals surface area contributed by atoms with Crippen molar-refractivity contribution in [2.24, 2.45) is 7.05 Å². The largest absolute Gasteiger partial charge is 0.480 e. The molecule has 1 aliphatic rings. The van der Waals surface area contributed by atoms with Gasteiger partial charge >= 0.3 is 5.97 Å². The van der Waals surface area contributed by atoms with Crippen molar-refractivity contribution >= 4 is 29.3 Å². The Morgan fingerprint density at radius 1 is 1.11 bits per heavy atom. The van der Waals surface area contributed by atoms with Crippen molar-refractivity contribution in [2.75, 3.05) is 11.9 Å². The van der Waals surface area contributed by atoms with Gasteiger partial charge in [0.25, 0.3) is 17.6 Å². The van der Waals surface area contributed by atoms with Crippen LogP contribution in [0.4, 0.5) is 10.1 Å². The van der Waals surface area contributed by atoms with Crippen molar-refractivity contribution in [1.29, 1.82) is 0 Å². The summed E-state index contributed by atoms with van der Waals surface area (Å²) in [4.78, 5) is 49.4. The summed E-state index contributed by atoms with van der Waals surface area (Å²) in [5, 5.41) is 14.2. The monoisotopic (exact) mass is 487 g/mol. The van der Waals surface area contributed by atoms with Crippen molar-refractivity contribution in [2.45, 2.75) is 58.6 Å². The van der Waals surface area contributed by atoms with Gasteiger partial charge in [0.2, 0.25) is 0 Å². The fraction of sp³-hybridized carbons (Fsp3) is 0.440. The maximum Gasteiger partial charge on any atom is 0.329 e. The van der Waals surface area contributed by atoms with E-state index in [-0.39, 0.29) is 35.8 Å². The number of aryl methyl sites for hydroxylation is 1. The number of carbonyl (C=O) groups excluding carboxylic acids is 3. The van der Waals surface area contributed by atoms with E-state index in [0.29, 0.717) is 48.2 Å². The van der Waals surface area contributed by atoms with Crippen LogP contribution in [0.1, 0.15) is 63.4 Å². The first kappa shape index (κ1) is 26.1. The lowest BCUT2D eigenvalue weighted by molar-refractivity contribution is -0.145. The van der Waals surface area contributed by atoms with Crippen LogP contribution in [-0.4, -0.2) is 52.0 Å². The molecule has 3 N–H and O–H groups in total. The number of halogens is 1. The highest BCUT2D eigenvalue weighted by molar-refractivity contribution is 6.43. The Morgan fingerprint density at radius 2 is 1.77 bits per heavy atom. The maximum absolute atomic E-state index is 13.5. The Hall–Kier alpha value is -3.53. The lowest BCUT2D eigenvalue weighted by Crippen LogP contribution is -2.43. The molecule has 10 heteroatoms. The molecule has 2 amide bonds. The Balaban J connectivity index is 1.68. The number of Topliss-reactive ketones (excluding diaryl/α,β-unsaturated/α-hetero) is 1. The number of carboxylic acid groups (broad SMARTS) is 1. The molecule has 188 valence electrons. The Kier molecular flexibility index (Phi) is 8.06. The summed E-state index contributed by atoms with van der Waals surface area (Å²) in [6, 6.07) is 4.01. The third-order valence-corrected chi connectivity index (χ3v) is 6.45. The molecule has 9 nitrogen and oxygen atoms in total. The molecule has 1 aromatic heterocycles. The lowest BCUT2D eigenvalue weighted by Gasteiger charge is -2.28. The second-order valence-electron chi connectivity index (χ2n) is 8.89. The van der Waals surface area contributed by atoms with Gasteiger partial charge in [0, 0.05) is 24.5 Å². The zero-order chi connectivity index (χ0) is 25.9. The molecule has 1 heterocycles. The van der Waals surface area contributed by atoms with Crippen molar-refractivity contribution in [1.82, 2.24) is 9.88 Å². The fourth-order valence-corrected chi connectivity index (χ4v) is 4.47. The van der Waals surface area contributed by atoms with E-state index in [2.05, 4.69) is 10.6 Å². The second-order valence-corrected chi connectivity index (χ2v) is 8.89. The molecular formula is C25H30FN3O6. The van der Waals surface area contributed by atoms with Crippen LogP contribution in [0.15, 0.2) is 18.2 Å². The van der Waals surface area contributed by atoms with Gasteiger partial charge in [0.15, 0.2) is 0 Å². The lowest BCUT2D eigenvalue weighted by atomic mass is 9.92. The number of nitrogens with one attached hydrogen (secondary N) is 2. The molecule has 1 saturated carbocycles. The van der Waals surface area contributed by atoms with Crippen LogP contribution in [-0.2, 0) is 21.4 Å². The molecular weight excluding hydrogens is 457 g/mol. The summed E-state index contributed by atoms with van der Waals surface area (Å²) in [6.45, 7) is 4.53. The van der Waals surface area contributed by atoms with E-state index in [0.717, 1.165) is 0 Å². The average Bonchev–Trinajstić information content (AvgIpc) is 3.03. The molecule has 1 aliphatic carbocycles. The first-order valence-corrected chi connectivity index (χ1v) is 11.4. The first-order valence-electron chi connectivity index (χ1n) is 11.4. The Labute approximate surface area is 202 Å². The number of ketones is 1. The third kappa shape index (κ3) is 5.94. The molecule has 0 saturated heterocycles. The SMILES string of the molecule is Cc1cc(NC(=O)c2c(C)c(C(=O)C(=O)NC3CCC(OCC(=O)O)CC3)n(C)c2C)ccc1F. The average molecular weight is 488 g/mol. The van der Waals surface area contributed by atoms with E-state index in [4.69, 9.17) is 9.84 Å². The second kappa shape index (κ2) is 10.8. The fourth-order valence-electron chi connectivity index (χ4n) is 4.47. The summed E-state index contributed by atoms with van der Waals surface area (Å²) >= 11 is 0. The minimum atomic E-state index is -1.03. The number of hydrogen-bond donors (Lipinski definition) is 3. The number of hydrogen-bond acceptors (Lipinski definition) is 5. The summed E-state index contributed by atoms with van der Waals surface area (Å²) in [5.74, 6) is -3.37. The number of aliphatic carboxylic acids is 1. The van der Waals surface area contributed by atoms with Crippen molar-refractivity contribution in [3.63, 3.8) is 0 Å². The van der Waals surface area contributed by atoms with Crippen LogP contribution in [0, 0.1) is 26.6 Å². The molecule has 0 spiro atoms. The molecule has 1 fully saturated rings.